The second-order valence-corrected chi connectivity index (χ2v) is 4.86. The fraction of sp³-hybridized carbons (Fsp3) is 0.500. The van der Waals surface area contributed by atoms with Crippen LogP contribution in [0.4, 0.5) is 0 Å². The van der Waals surface area contributed by atoms with Crippen molar-refractivity contribution in [1.29, 1.82) is 0 Å². The van der Waals surface area contributed by atoms with Gasteiger partial charge >= 0.3 is 0 Å². The third-order valence-electron chi connectivity index (χ3n) is 3.32. The lowest BCUT2D eigenvalue weighted by Gasteiger charge is -2.15. The van der Waals surface area contributed by atoms with E-state index in [2.05, 4.69) is 41.8 Å². The maximum absolute atomic E-state index is 3.61. The summed E-state index contributed by atoms with van der Waals surface area (Å²) in [4.78, 5) is 0. The number of nitrogens with one attached hydrogen (secondary N) is 1. The standard InChI is InChI=1S/C16H23N/c1-3-7-11-15(12-8-4-1)17-16-13-9-5-2-6-10-14-16/h3,5,7,9,11,13,17H,1-2,4,6,8,10,12,14H2/b7-3-,9-5?,15-11+,16-13?. The van der Waals surface area contributed by atoms with Gasteiger partial charge in [0.25, 0.3) is 0 Å². The SMILES string of the molecule is C1=CCCCCC(N/C2=C/C=C\CCCC2)=C1. The Hall–Kier alpha value is -1.24. The van der Waals surface area contributed by atoms with E-state index in [1.807, 2.05) is 0 Å². The van der Waals surface area contributed by atoms with Crippen molar-refractivity contribution in [3.63, 3.8) is 0 Å². The van der Waals surface area contributed by atoms with Gasteiger partial charge in [-0.05, 0) is 63.5 Å². The highest BCUT2D eigenvalue weighted by molar-refractivity contribution is 5.21. The molecule has 2 aliphatic carbocycles. The van der Waals surface area contributed by atoms with Gasteiger partial charge in [0.2, 0.25) is 0 Å². The molecule has 0 amide bonds. The number of hydrogen-bond acceptors (Lipinski definition) is 1. The molecule has 1 heteroatoms. The fourth-order valence-electron chi connectivity index (χ4n) is 2.30. The van der Waals surface area contributed by atoms with Crippen molar-refractivity contribution in [2.24, 2.45) is 0 Å². The lowest BCUT2D eigenvalue weighted by molar-refractivity contribution is 0.671. The number of allylic oxidation sites excluding steroid dienone is 8. The summed E-state index contributed by atoms with van der Waals surface area (Å²) in [5.41, 5.74) is 2.75. The molecule has 0 atom stereocenters. The Bertz CT molecular complexity index is 311. The monoisotopic (exact) mass is 229 g/mol. The molecule has 1 nitrogen and oxygen atoms in total. The first-order valence-corrected chi connectivity index (χ1v) is 6.93. The van der Waals surface area contributed by atoms with E-state index in [-0.39, 0.29) is 0 Å². The molecule has 92 valence electrons. The van der Waals surface area contributed by atoms with Crippen LogP contribution in [0.5, 0.6) is 0 Å². The van der Waals surface area contributed by atoms with Gasteiger partial charge in [0.1, 0.15) is 0 Å². The van der Waals surface area contributed by atoms with E-state index < -0.39 is 0 Å². The van der Waals surface area contributed by atoms with E-state index in [4.69, 9.17) is 0 Å². The minimum absolute atomic E-state index is 1.19. The van der Waals surface area contributed by atoms with Crippen LogP contribution in [0.1, 0.15) is 51.4 Å². The third kappa shape index (κ3) is 4.64. The first kappa shape index (κ1) is 12.2. The van der Waals surface area contributed by atoms with Gasteiger partial charge in [0.05, 0.1) is 0 Å². The second-order valence-electron chi connectivity index (χ2n) is 4.86. The van der Waals surface area contributed by atoms with Crippen LogP contribution in [-0.4, -0.2) is 0 Å². The van der Waals surface area contributed by atoms with Crippen molar-refractivity contribution < 1.29 is 0 Å². The zero-order valence-corrected chi connectivity index (χ0v) is 10.6. The molecule has 2 aliphatic rings. The van der Waals surface area contributed by atoms with Crippen LogP contribution in [0, 0.1) is 0 Å². The molecule has 0 saturated heterocycles. The lowest BCUT2D eigenvalue weighted by atomic mass is 10.1. The van der Waals surface area contributed by atoms with Crippen LogP contribution in [-0.2, 0) is 0 Å². The highest BCUT2D eigenvalue weighted by Gasteiger charge is 2.03. The van der Waals surface area contributed by atoms with Gasteiger partial charge in [-0.25, -0.2) is 0 Å². The van der Waals surface area contributed by atoms with Crippen LogP contribution in [0.3, 0.4) is 0 Å². The molecule has 1 N–H and O–H groups in total. The first-order valence-electron chi connectivity index (χ1n) is 6.93. The molecule has 0 saturated carbocycles. The van der Waals surface area contributed by atoms with Crippen molar-refractivity contribution >= 4 is 0 Å². The molecule has 0 aromatic heterocycles. The van der Waals surface area contributed by atoms with Crippen molar-refractivity contribution in [2.45, 2.75) is 51.4 Å². The summed E-state index contributed by atoms with van der Waals surface area (Å²) in [5, 5.41) is 3.61. The molecule has 0 aliphatic heterocycles. The van der Waals surface area contributed by atoms with Gasteiger partial charge in [-0.1, -0.05) is 24.3 Å². The zero-order valence-electron chi connectivity index (χ0n) is 10.6. The van der Waals surface area contributed by atoms with Crippen LogP contribution < -0.4 is 5.32 Å². The van der Waals surface area contributed by atoms with Gasteiger partial charge in [-0.15, -0.1) is 0 Å². The average molecular weight is 229 g/mol. The smallest absolute Gasteiger partial charge is 0.0148 e. The first-order chi connectivity index (χ1) is 8.45. The summed E-state index contributed by atoms with van der Waals surface area (Å²) >= 11 is 0. The normalized spacial score (nSPS) is 26.6. The van der Waals surface area contributed by atoms with E-state index in [1.54, 1.807) is 0 Å². The maximum atomic E-state index is 3.61. The van der Waals surface area contributed by atoms with Crippen LogP contribution in [0.25, 0.3) is 0 Å². The highest BCUT2D eigenvalue weighted by atomic mass is 14.9. The van der Waals surface area contributed by atoms with Gasteiger partial charge in [-0.3, -0.25) is 0 Å². The van der Waals surface area contributed by atoms with Crippen LogP contribution >= 0.6 is 0 Å². The second kappa shape index (κ2) is 7.16. The molecule has 0 spiro atoms. The number of hydrogen-bond donors (Lipinski definition) is 1. The van der Waals surface area contributed by atoms with Crippen LogP contribution in [0.2, 0.25) is 0 Å². The summed E-state index contributed by atoms with van der Waals surface area (Å²) in [6.07, 6.45) is 23.5. The highest BCUT2D eigenvalue weighted by Crippen LogP contribution is 2.16. The van der Waals surface area contributed by atoms with Gasteiger partial charge in [0.15, 0.2) is 0 Å². The fourth-order valence-corrected chi connectivity index (χ4v) is 2.30. The minimum atomic E-state index is 1.19. The summed E-state index contributed by atoms with van der Waals surface area (Å²) in [7, 11) is 0. The van der Waals surface area contributed by atoms with Gasteiger partial charge in [0, 0.05) is 11.4 Å². The number of rotatable bonds is 2. The largest absolute Gasteiger partial charge is 0.362 e. The molecule has 2 rings (SSSR count). The molecule has 17 heavy (non-hydrogen) atoms. The maximum Gasteiger partial charge on any atom is 0.0148 e. The van der Waals surface area contributed by atoms with E-state index >= 15 is 0 Å². The molecular weight excluding hydrogens is 206 g/mol. The molecule has 0 aromatic carbocycles. The van der Waals surface area contributed by atoms with Crippen molar-refractivity contribution in [3.8, 4) is 0 Å². The van der Waals surface area contributed by atoms with Gasteiger partial charge < -0.3 is 5.32 Å². The molecular formula is C16H23N. The Kier molecular flexibility index (Phi) is 5.15. The topological polar surface area (TPSA) is 12.0 Å². The van der Waals surface area contributed by atoms with E-state index in [0.29, 0.717) is 0 Å². The van der Waals surface area contributed by atoms with E-state index in [9.17, 15) is 0 Å². The quantitative estimate of drug-likeness (QED) is 0.729. The van der Waals surface area contributed by atoms with E-state index in [1.165, 1.54) is 62.8 Å². The zero-order chi connectivity index (χ0) is 11.8. The van der Waals surface area contributed by atoms with Crippen molar-refractivity contribution in [1.82, 2.24) is 5.32 Å². The molecule has 0 unspecified atom stereocenters. The summed E-state index contributed by atoms with van der Waals surface area (Å²) in [6, 6.07) is 0. The third-order valence-corrected chi connectivity index (χ3v) is 3.32. The van der Waals surface area contributed by atoms with Gasteiger partial charge in [-0.2, -0.15) is 0 Å². The molecule has 0 heterocycles. The predicted molar refractivity (Wildman–Crippen MR) is 74.5 cm³/mol. The Morgan fingerprint density at radius 3 is 1.76 bits per heavy atom. The Morgan fingerprint density at radius 2 is 1.24 bits per heavy atom. The molecule has 0 fully saturated rings. The summed E-state index contributed by atoms with van der Waals surface area (Å²) < 4.78 is 0. The Morgan fingerprint density at radius 1 is 0.706 bits per heavy atom. The summed E-state index contributed by atoms with van der Waals surface area (Å²) in [6.45, 7) is 0. The molecule has 0 bridgehead atoms. The van der Waals surface area contributed by atoms with Crippen molar-refractivity contribution in [2.75, 3.05) is 0 Å². The summed E-state index contributed by atoms with van der Waals surface area (Å²) in [5.74, 6) is 0. The Labute approximate surface area is 105 Å². The molecule has 0 aromatic rings. The molecule has 0 radical (unpaired) electrons. The predicted octanol–water partition coefficient (Wildman–Crippen LogP) is 4.60. The van der Waals surface area contributed by atoms with Crippen molar-refractivity contribution in [3.05, 3.63) is 47.9 Å². The minimum Gasteiger partial charge on any atom is -0.362 e. The van der Waals surface area contributed by atoms with E-state index in [0.717, 1.165) is 0 Å². The Balaban J connectivity index is 1.97. The average Bonchev–Trinajstić information content (AvgIpc) is 2.24. The van der Waals surface area contributed by atoms with Crippen LogP contribution in [0.15, 0.2) is 47.9 Å². The lowest BCUT2D eigenvalue weighted by Crippen LogP contribution is -2.13.